The summed E-state index contributed by atoms with van der Waals surface area (Å²) < 4.78 is 5.22. The summed E-state index contributed by atoms with van der Waals surface area (Å²) in [5.41, 5.74) is 1.67. The van der Waals surface area contributed by atoms with Gasteiger partial charge >= 0.3 is 6.03 Å². The predicted molar refractivity (Wildman–Crippen MR) is 90.5 cm³/mol. The van der Waals surface area contributed by atoms with Crippen LogP contribution in [0.2, 0.25) is 0 Å². The van der Waals surface area contributed by atoms with E-state index in [2.05, 4.69) is 10.6 Å². The Balaban J connectivity index is 1.59. The molecule has 0 saturated carbocycles. The molecule has 6 heteroatoms. The third-order valence-corrected chi connectivity index (χ3v) is 4.26. The molecular formula is C18H21N3O3. The number of hydrogen-bond acceptors (Lipinski definition) is 3. The van der Waals surface area contributed by atoms with Crippen LogP contribution >= 0.6 is 0 Å². The van der Waals surface area contributed by atoms with Gasteiger partial charge in [0.1, 0.15) is 11.8 Å². The van der Waals surface area contributed by atoms with Crippen LogP contribution in [0, 0.1) is 6.92 Å². The van der Waals surface area contributed by atoms with Crippen LogP contribution in [-0.4, -0.2) is 29.4 Å². The fourth-order valence-electron chi connectivity index (χ4n) is 2.89. The summed E-state index contributed by atoms with van der Waals surface area (Å²) in [7, 11) is 0. The minimum absolute atomic E-state index is 0.128. The van der Waals surface area contributed by atoms with Crippen LogP contribution in [0.25, 0.3) is 0 Å². The van der Waals surface area contributed by atoms with Crippen LogP contribution in [0.15, 0.2) is 47.1 Å². The van der Waals surface area contributed by atoms with Crippen LogP contribution < -0.4 is 10.6 Å². The molecule has 1 aliphatic heterocycles. The smallest absolute Gasteiger partial charge is 0.322 e. The first-order valence-corrected chi connectivity index (χ1v) is 8.08. The molecule has 1 saturated heterocycles. The highest BCUT2D eigenvalue weighted by Gasteiger charge is 2.34. The number of aryl methyl sites for hydroxylation is 1. The summed E-state index contributed by atoms with van der Waals surface area (Å²) >= 11 is 0. The Hall–Kier alpha value is -2.76. The quantitative estimate of drug-likeness (QED) is 0.907. The van der Waals surface area contributed by atoms with Gasteiger partial charge in [-0.2, -0.15) is 0 Å². The SMILES string of the molecule is Cc1occc1CNC(=O)[C@H]1CCCN1C(=O)Nc1ccccc1. The molecule has 1 aromatic heterocycles. The van der Waals surface area contributed by atoms with Gasteiger partial charge in [0.25, 0.3) is 0 Å². The number of nitrogens with zero attached hydrogens (tertiary/aromatic N) is 1. The fourth-order valence-corrected chi connectivity index (χ4v) is 2.89. The van der Waals surface area contributed by atoms with E-state index in [1.165, 1.54) is 0 Å². The van der Waals surface area contributed by atoms with Gasteiger partial charge in [-0.25, -0.2) is 4.79 Å². The summed E-state index contributed by atoms with van der Waals surface area (Å²) in [5, 5.41) is 5.74. The predicted octanol–water partition coefficient (Wildman–Crippen LogP) is 2.90. The van der Waals surface area contributed by atoms with Gasteiger partial charge in [0.05, 0.1) is 6.26 Å². The van der Waals surface area contributed by atoms with Crippen molar-refractivity contribution in [1.82, 2.24) is 10.2 Å². The summed E-state index contributed by atoms with van der Waals surface area (Å²) in [6.07, 6.45) is 3.11. The molecule has 3 amide bonds. The molecule has 3 rings (SSSR count). The molecule has 2 aromatic rings. The van der Waals surface area contributed by atoms with Crippen LogP contribution in [0.4, 0.5) is 10.5 Å². The Morgan fingerprint density at radius 3 is 2.75 bits per heavy atom. The zero-order chi connectivity index (χ0) is 16.9. The van der Waals surface area contributed by atoms with Gasteiger partial charge in [-0.15, -0.1) is 0 Å². The molecule has 0 spiro atoms. The number of anilines is 1. The molecule has 1 atom stereocenters. The average molecular weight is 327 g/mol. The second kappa shape index (κ2) is 7.21. The minimum atomic E-state index is -0.430. The lowest BCUT2D eigenvalue weighted by Crippen LogP contribution is -2.47. The second-order valence-electron chi connectivity index (χ2n) is 5.87. The van der Waals surface area contributed by atoms with Crippen LogP contribution in [-0.2, 0) is 11.3 Å². The van der Waals surface area contributed by atoms with E-state index in [0.717, 1.165) is 23.4 Å². The van der Waals surface area contributed by atoms with Gasteiger partial charge in [0, 0.05) is 24.3 Å². The summed E-state index contributed by atoms with van der Waals surface area (Å²) in [5.74, 6) is 0.664. The summed E-state index contributed by atoms with van der Waals surface area (Å²) in [6.45, 7) is 2.85. The number of carbonyl (C=O) groups excluding carboxylic acids is 2. The molecule has 0 aliphatic carbocycles. The molecule has 6 nitrogen and oxygen atoms in total. The third-order valence-electron chi connectivity index (χ3n) is 4.26. The first-order chi connectivity index (χ1) is 11.6. The van der Waals surface area contributed by atoms with Crippen molar-refractivity contribution in [3.05, 3.63) is 54.0 Å². The molecular weight excluding hydrogens is 306 g/mol. The molecule has 126 valence electrons. The topological polar surface area (TPSA) is 74.6 Å². The monoisotopic (exact) mass is 327 g/mol. The van der Waals surface area contributed by atoms with Gasteiger partial charge in [-0.05, 0) is 38.0 Å². The molecule has 1 fully saturated rings. The molecule has 2 N–H and O–H groups in total. The Morgan fingerprint density at radius 2 is 2.04 bits per heavy atom. The highest BCUT2D eigenvalue weighted by molar-refractivity contribution is 5.94. The van der Waals surface area contributed by atoms with Gasteiger partial charge in [0.15, 0.2) is 0 Å². The lowest BCUT2D eigenvalue weighted by atomic mass is 10.2. The first-order valence-electron chi connectivity index (χ1n) is 8.08. The van der Waals surface area contributed by atoms with Crippen molar-refractivity contribution in [2.75, 3.05) is 11.9 Å². The van der Waals surface area contributed by atoms with E-state index in [0.29, 0.717) is 19.5 Å². The number of carbonyl (C=O) groups is 2. The number of urea groups is 1. The maximum atomic E-state index is 12.5. The highest BCUT2D eigenvalue weighted by Crippen LogP contribution is 2.19. The van der Waals surface area contributed by atoms with Crippen molar-refractivity contribution >= 4 is 17.6 Å². The largest absolute Gasteiger partial charge is 0.469 e. The first kappa shape index (κ1) is 16.1. The standard InChI is InChI=1S/C18H21N3O3/c1-13-14(9-11-24-13)12-19-17(22)16-8-5-10-21(16)18(23)20-15-6-3-2-4-7-15/h2-4,6-7,9,11,16H,5,8,10,12H2,1H3,(H,19,22)(H,20,23)/t16-/m1/s1. The Labute approximate surface area is 140 Å². The van der Waals surface area contributed by atoms with Gasteiger partial charge in [-0.1, -0.05) is 18.2 Å². The van der Waals surface area contributed by atoms with E-state index in [-0.39, 0.29) is 11.9 Å². The summed E-state index contributed by atoms with van der Waals surface area (Å²) in [6, 6.07) is 10.4. The number of nitrogens with one attached hydrogen (secondary N) is 2. The van der Waals surface area contributed by atoms with Gasteiger partial charge < -0.3 is 20.0 Å². The Bertz CT molecular complexity index is 711. The van der Waals surface area contributed by atoms with Crippen LogP contribution in [0.5, 0.6) is 0 Å². The van der Waals surface area contributed by atoms with Gasteiger partial charge in [-0.3, -0.25) is 4.79 Å². The van der Waals surface area contributed by atoms with Crippen LogP contribution in [0.3, 0.4) is 0 Å². The molecule has 0 bridgehead atoms. The molecule has 1 aliphatic rings. The molecule has 1 aromatic carbocycles. The number of likely N-dealkylation sites (tertiary alicyclic amines) is 1. The average Bonchev–Trinajstić information content (AvgIpc) is 3.22. The van der Waals surface area contributed by atoms with Crippen molar-refractivity contribution in [2.45, 2.75) is 32.4 Å². The maximum absolute atomic E-state index is 12.5. The van der Waals surface area contributed by atoms with E-state index in [1.54, 1.807) is 11.2 Å². The van der Waals surface area contributed by atoms with E-state index in [4.69, 9.17) is 4.42 Å². The van der Waals surface area contributed by atoms with E-state index < -0.39 is 6.04 Å². The number of para-hydroxylation sites is 1. The lowest BCUT2D eigenvalue weighted by Gasteiger charge is -2.24. The number of benzene rings is 1. The van der Waals surface area contributed by atoms with Crippen LogP contribution in [0.1, 0.15) is 24.2 Å². The van der Waals surface area contributed by atoms with E-state index in [9.17, 15) is 9.59 Å². The normalized spacial score (nSPS) is 16.9. The van der Waals surface area contributed by atoms with Crippen molar-refractivity contribution in [3.63, 3.8) is 0 Å². The number of furan rings is 1. The van der Waals surface area contributed by atoms with Crippen molar-refractivity contribution in [3.8, 4) is 0 Å². The molecule has 24 heavy (non-hydrogen) atoms. The van der Waals surface area contributed by atoms with Crippen molar-refractivity contribution in [1.29, 1.82) is 0 Å². The number of amides is 3. The molecule has 0 radical (unpaired) electrons. The third kappa shape index (κ3) is 3.59. The summed E-state index contributed by atoms with van der Waals surface area (Å²) in [4.78, 5) is 26.5. The number of hydrogen-bond donors (Lipinski definition) is 2. The van der Waals surface area contributed by atoms with Crippen molar-refractivity contribution < 1.29 is 14.0 Å². The lowest BCUT2D eigenvalue weighted by molar-refractivity contribution is -0.124. The highest BCUT2D eigenvalue weighted by atomic mass is 16.3. The fraction of sp³-hybridized carbons (Fsp3) is 0.333. The second-order valence-corrected chi connectivity index (χ2v) is 5.87. The Morgan fingerprint density at radius 1 is 1.25 bits per heavy atom. The van der Waals surface area contributed by atoms with E-state index in [1.807, 2.05) is 43.3 Å². The Kier molecular flexibility index (Phi) is 4.84. The molecule has 0 unspecified atom stereocenters. The number of rotatable bonds is 4. The maximum Gasteiger partial charge on any atom is 0.322 e. The minimum Gasteiger partial charge on any atom is -0.469 e. The zero-order valence-corrected chi connectivity index (χ0v) is 13.6. The molecule has 2 heterocycles. The zero-order valence-electron chi connectivity index (χ0n) is 13.6. The van der Waals surface area contributed by atoms with Gasteiger partial charge in [0.2, 0.25) is 5.91 Å². The van der Waals surface area contributed by atoms with Crippen molar-refractivity contribution in [2.24, 2.45) is 0 Å². The van der Waals surface area contributed by atoms with E-state index >= 15 is 0 Å².